The maximum absolute atomic E-state index is 12.7. The lowest BCUT2D eigenvalue weighted by Crippen LogP contribution is -2.44. The highest BCUT2D eigenvalue weighted by Gasteiger charge is 2.37. The van der Waals surface area contributed by atoms with Crippen molar-refractivity contribution in [1.82, 2.24) is 10.3 Å². The molecule has 0 spiro atoms. The minimum Gasteiger partial charge on any atom is -0.352 e. The topological polar surface area (TPSA) is 45.2 Å². The lowest BCUT2D eigenvalue weighted by atomic mass is 10.2. The van der Waals surface area contributed by atoms with Gasteiger partial charge in [0.05, 0.1) is 0 Å². The van der Waals surface area contributed by atoms with Crippen LogP contribution in [-0.4, -0.2) is 29.5 Å². The summed E-state index contributed by atoms with van der Waals surface area (Å²) in [6.07, 6.45) is -1.07. The highest BCUT2D eigenvalue weighted by molar-refractivity contribution is 5.86. The first kappa shape index (κ1) is 14.2. The third kappa shape index (κ3) is 3.11. The molecule has 0 radical (unpaired) electrons. The second-order valence-corrected chi connectivity index (χ2v) is 5.51. The number of rotatable bonds is 3. The maximum atomic E-state index is 12.7. The van der Waals surface area contributed by atoms with Crippen LogP contribution in [-0.2, 0) is 11.0 Å². The van der Waals surface area contributed by atoms with Crippen molar-refractivity contribution in [1.29, 1.82) is 0 Å². The van der Waals surface area contributed by atoms with E-state index in [4.69, 9.17) is 0 Å². The summed E-state index contributed by atoms with van der Waals surface area (Å²) in [7, 11) is 0. The van der Waals surface area contributed by atoms with Crippen LogP contribution in [0.3, 0.4) is 0 Å². The van der Waals surface area contributed by atoms with Crippen LogP contribution in [0.1, 0.15) is 31.4 Å². The first-order valence-electron chi connectivity index (χ1n) is 7.06. The molecule has 1 saturated heterocycles. The van der Waals surface area contributed by atoms with Crippen LogP contribution in [0.2, 0.25) is 0 Å². The van der Waals surface area contributed by atoms with Crippen molar-refractivity contribution in [3.63, 3.8) is 0 Å². The zero-order valence-electron chi connectivity index (χ0n) is 11.4. The fourth-order valence-electron chi connectivity index (χ4n) is 2.58. The summed E-state index contributed by atoms with van der Waals surface area (Å²) in [4.78, 5) is 17.5. The van der Waals surface area contributed by atoms with Crippen LogP contribution in [0.15, 0.2) is 18.2 Å². The molecule has 3 rings (SSSR count). The number of aromatic nitrogens is 1. The van der Waals surface area contributed by atoms with Crippen LogP contribution >= 0.6 is 0 Å². The Labute approximate surface area is 120 Å². The summed E-state index contributed by atoms with van der Waals surface area (Å²) in [5.41, 5.74) is -0.923. The van der Waals surface area contributed by atoms with Crippen molar-refractivity contribution in [3.05, 3.63) is 23.9 Å². The largest absolute Gasteiger partial charge is 0.433 e. The SMILES string of the molecule is O=C(NC1CC1)C1CCCN1c1cccc(C(F)(F)F)n1. The molecule has 2 heterocycles. The van der Waals surface area contributed by atoms with Gasteiger partial charge in [-0.25, -0.2) is 4.98 Å². The van der Waals surface area contributed by atoms with Crippen LogP contribution < -0.4 is 10.2 Å². The van der Waals surface area contributed by atoms with Gasteiger partial charge in [0.2, 0.25) is 5.91 Å². The summed E-state index contributed by atoms with van der Waals surface area (Å²) in [5.74, 6) is 0.118. The van der Waals surface area contributed by atoms with Crippen LogP contribution in [0, 0.1) is 0 Å². The molecule has 114 valence electrons. The first-order valence-corrected chi connectivity index (χ1v) is 7.06. The predicted octanol–water partition coefficient (Wildman–Crippen LogP) is 2.35. The average molecular weight is 299 g/mol. The van der Waals surface area contributed by atoms with Gasteiger partial charge in [-0.15, -0.1) is 0 Å². The van der Waals surface area contributed by atoms with E-state index in [1.807, 2.05) is 0 Å². The molecule has 1 amide bonds. The molecular formula is C14H16F3N3O. The zero-order chi connectivity index (χ0) is 15.0. The number of nitrogens with zero attached hydrogens (tertiary/aromatic N) is 2. The van der Waals surface area contributed by atoms with Gasteiger partial charge in [0.15, 0.2) is 0 Å². The minimum absolute atomic E-state index is 0.103. The Hall–Kier alpha value is -1.79. The molecule has 21 heavy (non-hydrogen) atoms. The van der Waals surface area contributed by atoms with Gasteiger partial charge < -0.3 is 10.2 Å². The third-order valence-corrected chi connectivity index (χ3v) is 3.80. The van der Waals surface area contributed by atoms with E-state index in [1.165, 1.54) is 12.1 Å². The van der Waals surface area contributed by atoms with Crippen molar-refractivity contribution < 1.29 is 18.0 Å². The van der Waals surface area contributed by atoms with Crippen molar-refractivity contribution in [2.45, 2.75) is 43.9 Å². The normalized spacial score (nSPS) is 22.4. The monoisotopic (exact) mass is 299 g/mol. The molecule has 2 aliphatic rings. The number of pyridine rings is 1. The van der Waals surface area contributed by atoms with Gasteiger partial charge in [-0.1, -0.05) is 6.07 Å². The molecule has 1 aromatic rings. The number of carbonyl (C=O) groups is 1. The third-order valence-electron chi connectivity index (χ3n) is 3.80. The molecule has 7 heteroatoms. The summed E-state index contributed by atoms with van der Waals surface area (Å²) in [5, 5.41) is 2.91. The number of alkyl halides is 3. The maximum Gasteiger partial charge on any atom is 0.433 e. The van der Waals surface area contributed by atoms with Crippen LogP contribution in [0.25, 0.3) is 0 Å². The molecule has 1 unspecified atom stereocenters. The fourth-order valence-corrected chi connectivity index (χ4v) is 2.58. The summed E-state index contributed by atoms with van der Waals surface area (Å²) < 4.78 is 38.2. The second-order valence-electron chi connectivity index (χ2n) is 5.51. The van der Waals surface area contributed by atoms with Gasteiger partial charge in [-0.2, -0.15) is 13.2 Å². The molecule has 1 aliphatic heterocycles. The minimum atomic E-state index is -4.47. The molecule has 1 aliphatic carbocycles. The second kappa shape index (κ2) is 5.20. The van der Waals surface area contributed by atoms with Gasteiger partial charge in [-0.05, 0) is 37.8 Å². The van der Waals surface area contributed by atoms with Crippen LogP contribution in [0.4, 0.5) is 19.0 Å². The summed E-state index contributed by atoms with van der Waals surface area (Å²) in [6, 6.07) is 3.63. The van der Waals surface area contributed by atoms with Crippen molar-refractivity contribution >= 4 is 11.7 Å². The van der Waals surface area contributed by atoms with Gasteiger partial charge in [0, 0.05) is 12.6 Å². The van der Waals surface area contributed by atoms with Gasteiger partial charge >= 0.3 is 6.18 Å². The molecule has 0 aromatic carbocycles. The Morgan fingerprint density at radius 3 is 2.71 bits per heavy atom. The fraction of sp³-hybridized carbons (Fsp3) is 0.571. The smallest absolute Gasteiger partial charge is 0.352 e. The number of carbonyl (C=O) groups excluding carboxylic acids is 1. The van der Waals surface area contributed by atoms with Gasteiger partial charge in [0.25, 0.3) is 0 Å². The van der Waals surface area contributed by atoms with Gasteiger partial charge in [-0.3, -0.25) is 4.79 Å². The van der Waals surface area contributed by atoms with Crippen molar-refractivity contribution in [3.8, 4) is 0 Å². The molecule has 2 fully saturated rings. The van der Waals surface area contributed by atoms with Gasteiger partial charge in [0.1, 0.15) is 17.6 Å². The highest BCUT2D eigenvalue weighted by atomic mass is 19.4. The van der Waals surface area contributed by atoms with E-state index in [-0.39, 0.29) is 17.8 Å². The summed E-state index contributed by atoms with van der Waals surface area (Å²) >= 11 is 0. The molecule has 1 saturated carbocycles. The Kier molecular flexibility index (Phi) is 3.51. The first-order chi connectivity index (χ1) is 9.95. The quantitative estimate of drug-likeness (QED) is 0.932. The van der Waals surface area contributed by atoms with Crippen molar-refractivity contribution in [2.75, 3.05) is 11.4 Å². The number of amides is 1. The molecule has 1 atom stereocenters. The molecule has 0 bridgehead atoms. The van der Waals surface area contributed by atoms with E-state index in [0.717, 1.165) is 25.3 Å². The summed E-state index contributed by atoms with van der Waals surface area (Å²) in [6.45, 7) is 0.553. The standard InChI is InChI=1S/C14H16F3N3O/c15-14(16,17)11-4-1-5-12(19-11)20-8-2-3-10(20)13(21)18-9-6-7-9/h1,4-5,9-10H,2-3,6-8H2,(H,18,21). The molecule has 1 N–H and O–H groups in total. The van der Waals surface area contributed by atoms with E-state index in [9.17, 15) is 18.0 Å². The predicted molar refractivity (Wildman–Crippen MR) is 70.8 cm³/mol. The van der Waals surface area contributed by atoms with Crippen molar-refractivity contribution in [2.24, 2.45) is 0 Å². The Morgan fingerprint density at radius 2 is 2.05 bits per heavy atom. The average Bonchev–Trinajstić information content (AvgIpc) is 3.10. The Morgan fingerprint density at radius 1 is 1.29 bits per heavy atom. The Balaban J connectivity index is 1.79. The molecule has 4 nitrogen and oxygen atoms in total. The lowest BCUT2D eigenvalue weighted by Gasteiger charge is -2.25. The number of hydrogen-bond donors (Lipinski definition) is 1. The zero-order valence-corrected chi connectivity index (χ0v) is 11.4. The number of halogens is 3. The van der Waals surface area contributed by atoms with E-state index in [2.05, 4.69) is 10.3 Å². The van der Waals surface area contributed by atoms with E-state index < -0.39 is 17.9 Å². The van der Waals surface area contributed by atoms with Crippen LogP contribution in [0.5, 0.6) is 0 Å². The molecule has 1 aromatic heterocycles. The Bertz CT molecular complexity index is 543. The number of hydrogen-bond acceptors (Lipinski definition) is 3. The number of nitrogens with one attached hydrogen (secondary N) is 1. The highest BCUT2D eigenvalue weighted by Crippen LogP contribution is 2.31. The van der Waals surface area contributed by atoms with E-state index in [0.29, 0.717) is 13.0 Å². The van der Waals surface area contributed by atoms with E-state index in [1.54, 1.807) is 4.90 Å². The van der Waals surface area contributed by atoms with E-state index >= 15 is 0 Å². The number of anilines is 1. The molecular weight excluding hydrogens is 283 g/mol. The lowest BCUT2D eigenvalue weighted by molar-refractivity contribution is -0.141.